The maximum atomic E-state index is 11.6. The van der Waals surface area contributed by atoms with Crippen LogP contribution in [0.5, 0.6) is 0 Å². The topological polar surface area (TPSA) is 66.4 Å². The maximum absolute atomic E-state index is 11.6. The number of aliphatic carboxylic acids is 1. The Morgan fingerprint density at radius 3 is 2.71 bits per heavy atom. The van der Waals surface area contributed by atoms with Gasteiger partial charge in [0.25, 0.3) is 0 Å². The van der Waals surface area contributed by atoms with Crippen LogP contribution in [-0.4, -0.2) is 23.0 Å². The Balaban J connectivity index is 2.58. The van der Waals surface area contributed by atoms with Crippen LogP contribution >= 0.6 is 15.9 Å². The largest absolute Gasteiger partial charge is 0.480 e. The molecule has 1 atom stereocenters. The molecule has 17 heavy (non-hydrogen) atoms. The van der Waals surface area contributed by atoms with Crippen molar-refractivity contribution in [2.75, 3.05) is 0 Å². The number of carboxylic acid groups (broad SMARTS) is 1. The van der Waals surface area contributed by atoms with Crippen molar-refractivity contribution in [3.8, 4) is 0 Å². The number of carboxylic acids is 1. The highest BCUT2D eigenvalue weighted by Crippen LogP contribution is 2.12. The van der Waals surface area contributed by atoms with E-state index in [4.69, 9.17) is 5.11 Å². The van der Waals surface area contributed by atoms with Gasteiger partial charge < -0.3 is 10.4 Å². The summed E-state index contributed by atoms with van der Waals surface area (Å²) in [4.78, 5) is 22.4. The lowest BCUT2D eigenvalue weighted by atomic mass is 10.1. The molecule has 1 aromatic carbocycles. The Hall–Kier alpha value is -1.36. The molecule has 2 N–H and O–H groups in total. The number of benzene rings is 1. The van der Waals surface area contributed by atoms with E-state index in [1.54, 1.807) is 6.92 Å². The molecule has 0 saturated heterocycles. The Bertz CT molecular complexity index is 420. The number of hydrogen-bond donors (Lipinski definition) is 2. The monoisotopic (exact) mass is 299 g/mol. The molecule has 4 nitrogen and oxygen atoms in total. The van der Waals surface area contributed by atoms with E-state index in [2.05, 4.69) is 21.2 Å². The number of nitrogens with one attached hydrogen (secondary N) is 1. The SMILES string of the molecule is CC[C@H](NC(=O)Cc1cccc(Br)c1)C(=O)O. The van der Waals surface area contributed by atoms with Crippen molar-refractivity contribution in [3.05, 3.63) is 34.3 Å². The maximum Gasteiger partial charge on any atom is 0.326 e. The van der Waals surface area contributed by atoms with Gasteiger partial charge in [0, 0.05) is 4.47 Å². The van der Waals surface area contributed by atoms with Crippen LogP contribution in [0.25, 0.3) is 0 Å². The van der Waals surface area contributed by atoms with Crippen molar-refractivity contribution in [3.63, 3.8) is 0 Å². The van der Waals surface area contributed by atoms with Gasteiger partial charge in [-0.1, -0.05) is 35.0 Å². The molecular formula is C12H14BrNO3. The van der Waals surface area contributed by atoms with E-state index in [1.807, 2.05) is 24.3 Å². The van der Waals surface area contributed by atoms with Gasteiger partial charge in [-0.2, -0.15) is 0 Å². The molecule has 5 heteroatoms. The second-order valence-electron chi connectivity index (χ2n) is 3.67. The molecule has 0 spiro atoms. The van der Waals surface area contributed by atoms with Crippen LogP contribution in [0.1, 0.15) is 18.9 Å². The number of halogens is 1. The normalized spacial score (nSPS) is 11.9. The number of carbonyl (C=O) groups excluding carboxylic acids is 1. The molecule has 0 heterocycles. The quantitative estimate of drug-likeness (QED) is 0.873. The summed E-state index contributed by atoms with van der Waals surface area (Å²) in [6.45, 7) is 1.72. The molecule has 92 valence electrons. The first-order valence-corrected chi connectivity index (χ1v) is 6.09. The summed E-state index contributed by atoms with van der Waals surface area (Å²) < 4.78 is 0.896. The second kappa shape index (κ2) is 6.39. The van der Waals surface area contributed by atoms with Crippen LogP contribution < -0.4 is 5.32 Å². The van der Waals surface area contributed by atoms with Gasteiger partial charge in [-0.25, -0.2) is 4.79 Å². The zero-order valence-corrected chi connectivity index (χ0v) is 11.0. The fourth-order valence-corrected chi connectivity index (χ4v) is 1.86. The van der Waals surface area contributed by atoms with Crippen molar-refractivity contribution < 1.29 is 14.7 Å². The molecule has 0 aromatic heterocycles. The van der Waals surface area contributed by atoms with E-state index >= 15 is 0 Å². The zero-order chi connectivity index (χ0) is 12.8. The van der Waals surface area contributed by atoms with Crippen LogP contribution in [0, 0.1) is 0 Å². The van der Waals surface area contributed by atoms with Gasteiger partial charge in [0.05, 0.1) is 6.42 Å². The van der Waals surface area contributed by atoms with Gasteiger partial charge in [-0.15, -0.1) is 0 Å². The lowest BCUT2D eigenvalue weighted by Crippen LogP contribution is -2.40. The standard InChI is InChI=1S/C12H14BrNO3/c1-2-10(12(16)17)14-11(15)7-8-4-3-5-9(13)6-8/h3-6,10H,2,7H2,1H3,(H,14,15)(H,16,17)/t10-/m0/s1. The summed E-state index contributed by atoms with van der Waals surface area (Å²) >= 11 is 3.31. The van der Waals surface area contributed by atoms with Gasteiger partial charge in [0.1, 0.15) is 6.04 Å². The predicted molar refractivity (Wildman–Crippen MR) is 67.7 cm³/mol. The van der Waals surface area contributed by atoms with Gasteiger partial charge in [0.2, 0.25) is 5.91 Å². The van der Waals surface area contributed by atoms with E-state index in [0.29, 0.717) is 6.42 Å². The summed E-state index contributed by atoms with van der Waals surface area (Å²) in [6, 6.07) is 6.55. The number of rotatable bonds is 5. The summed E-state index contributed by atoms with van der Waals surface area (Å²) in [7, 11) is 0. The highest BCUT2D eigenvalue weighted by molar-refractivity contribution is 9.10. The van der Waals surface area contributed by atoms with Gasteiger partial charge in [-0.3, -0.25) is 4.79 Å². The molecule has 0 aliphatic rings. The molecule has 0 aliphatic carbocycles. The first-order chi connectivity index (χ1) is 8.02. The van der Waals surface area contributed by atoms with Crippen LogP contribution in [0.2, 0.25) is 0 Å². The summed E-state index contributed by atoms with van der Waals surface area (Å²) in [5, 5.41) is 11.3. The van der Waals surface area contributed by atoms with Crippen LogP contribution in [0.3, 0.4) is 0 Å². The van der Waals surface area contributed by atoms with E-state index in [9.17, 15) is 9.59 Å². The molecule has 0 fully saturated rings. The molecule has 0 aliphatic heterocycles. The minimum Gasteiger partial charge on any atom is -0.480 e. The molecule has 1 rings (SSSR count). The van der Waals surface area contributed by atoms with E-state index in [0.717, 1.165) is 10.0 Å². The molecule has 0 bridgehead atoms. The van der Waals surface area contributed by atoms with Crippen molar-refractivity contribution >= 4 is 27.8 Å². The smallest absolute Gasteiger partial charge is 0.326 e. The van der Waals surface area contributed by atoms with Gasteiger partial charge in [-0.05, 0) is 24.1 Å². The Morgan fingerprint density at radius 1 is 1.47 bits per heavy atom. The van der Waals surface area contributed by atoms with Crippen molar-refractivity contribution in [1.29, 1.82) is 0 Å². The third-order valence-electron chi connectivity index (χ3n) is 2.30. The van der Waals surface area contributed by atoms with Crippen molar-refractivity contribution in [1.82, 2.24) is 5.32 Å². The fraction of sp³-hybridized carbons (Fsp3) is 0.333. The lowest BCUT2D eigenvalue weighted by molar-refractivity contribution is -0.141. The Labute approximate surface area is 108 Å². The molecular weight excluding hydrogens is 286 g/mol. The second-order valence-corrected chi connectivity index (χ2v) is 4.59. The fourth-order valence-electron chi connectivity index (χ4n) is 1.42. The van der Waals surface area contributed by atoms with E-state index < -0.39 is 12.0 Å². The Kier molecular flexibility index (Phi) is 5.15. The average molecular weight is 300 g/mol. The van der Waals surface area contributed by atoms with E-state index in [-0.39, 0.29) is 12.3 Å². The molecule has 1 aromatic rings. The third kappa shape index (κ3) is 4.56. The van der Waals surface area contributed by atoms with Crippen LogP contribution in [0.4, 0.5) is 0 Å². The molecule has 0 radical (unpaired) electrons. The number of hydrogen-bond acceptors (Lipinski definition) is 2. The predicted octanol–water partition coefficient (Wildman–Crippen LogP) is 1.97. The summed E-state index contributed by atoms with van der Waals surface area (Å²) in [5.41, 5.74) is 0.845. The van der Waals surface area contributed by atoms with E-state index in [1.165, 1.54) is 0 Å². The van der Waals surface area contributed by atoms with Crippen LogP contribution in [0.15, 0.2) is 28.7 Å². The minimum atomic E-state index is -1.00. The number of amides is 1. The average Bonchev–Trinajstić information content (AvgIpc) is 2.25. The highest BCUT2D eigenvalue weighted by atomic mass is 79.9. The first-order valence-electron chi connectivity index (χ1n) is 5.29. The summed E-state index contributed by atoms with van der Waals surface area (Å²) in [6.07, 6.45) is 0.558. The molecule has 0 saturated carbocycles. The number of carbonyl (C=O) groups is 2. The van der Waals surface area contributed by atoms with Crippen LogP contribution in [-0.2, 0) is 16.0 Å². The Morgan fingerprint density at radius 2 is 2.18 bits per heavy atom. The highest BCUT2D eigenvalue weighted by Gasteiger charge is 2.17. The van der Waals surface area contributed by atoms with Gasteiger partial charge in [0.15, 0.2) is 0 Å². The zero-order valence-electron chi connectivity index (χ0n) is 9.44. The minimum absolute atomic E-state index is 0.184. The van der Waals surface area contributed by atoms with Gasteiger partial charge >= 0.3 is 5.97 Å². The first kappa shape index (κ1) is 13.7. The molecule has 1 amide bonds. The summed E-state index contributed by atoms with van der Waals surface area (Å²) in [5.74, 6) is -1.28. The third-order valence-corrected chi connectivity index (χ3v) is 2.79. The lowest BCUT2D eigenvalue weighted by Gasteiger charge is -2.12. The van der Waals surface area contributed by atoms with Crippen molar-refractivity contribution in [2.45, 2.75) is 25.8 Å². The molecule has 0 unspecified atom stereocenters. The van der Waals surface area contributed by atoms with Crippen molar-refractivity contribution in [2.24, 2.45) is 0 Å².